The molecule has 0 saturated carbocycles. The molecule has 1 aromatic carbocycles. The van der Waals surface area contributed by atoms with Crippen LogP contribution in [0.5, 0.6) is 5.75 Å². The number of nitrogens with zero attached hydrogens (tertiary/aromatic N) is 5. The highest BCUT2D eigenvalue weighted by Gasteiger charge is 2.29. The Bertz CT molecular complexity index is 1010. The normalized spacial score (nSPS) is 14.8. The third kappa shape index (κ3) is 4.07. The van der Waals surface area contributed by atoms with E-state index in [0.29, 0.717) is 46.9 Å². The zero-order valence-corrected chi connectivity index (χ0v) is 16.9. The van der Waals surface area contributed by atoms with E-state index in [0.717, 1.165) is 18.5 Å². The number of hydrogen-bond donors (Lipinski definition) is 0. The molecule has 0 aliphatic carbocycles. The molecule has 0 spiro atoms. The van der Waals surface area contributed by atoms with Gasteiger partial charge in [0.25, 0.3) is 11.8 Å². The van der Waals surface area contributed by atoms with Gasteiger partial charge in [-0.1, -0.05) is 11.6 Å². The Balaban J connectivity index is 1.43. The molecular weight excluding hydrogens is 394 g/mol. The van der Waals surface area contributed by atoms with Crippen LogP contribution in [0.4, 0.5) is 0 Å². The molecule has 3 aromatic rings. The average Bonchev–Trinajstić information content (AvgIpc) is 3.24. The van der Waals surface area contributed by atoms with Crippen molar-refractivity contribution < 1.29 is 13.9 Å². The number of likely N-dealkylation sites (tertiary alicyclic amines) is 1. The fourth-order valence-electron chi connectivity index (χ4n) is 3.35. The monoisotopic (exact) mass is 413 g/mol. The summed E-state index contributed by atoms with van der Waals surface area (Å²) in [6, 6.07) is 5.05. The van der Waals surface area contributed by atoms with E-state index in [1.807, 2.05) is 6.92 Å². The largest absolute Gasteiger partial charge is 0.496 e. The van der Waals surface area contributed by atoms with E-state index in [2.05, 4.69) is 20.2 Å². The number of halogens is 1. The number of carbonyl (C=O) groups is 1. The van der Waals surface area contributed by atoms with Gasteiger partial charge in [-0.25, -0.2) is 4.98 Å². The van der Waals surface area contributed by atoms with Crippen molar-refractivity contribution in [3.8, 4) is 17.3 Å². The third-order valence-corrected chi connectivity index (χ3v) is 5.20. The van der Waals surface area contributed by atoms with Crippen molar-refractivity contribution in [3.63, 3.8) is 0 Å². The average molecular weight is 414 g/mol. The fraction of sp³-hybridized carbons (Fsp3) is 0.350. The third-order valence-electron chi connectivity index (χ3n) is 4.96. The lowest BCUT2D eigenvalue weighted by Gasteiger charge is -2.30. The van der Waals surface area contributed by atoms with Gasteiger partial charge >= 0.3 is 0 Å². The molecule has 0 unspecified atom stereocenters. The Morgan fingerprint density at radius 2 is 2.00 bits per heavy atom. The highest BCUT2D eigenvalue weighted by atomic mass is 35.5. The first-order chi connectivity index (χ1) is 14.0. The van der Waals surface area contributed by atoms with Crippen LogP contribution in [0.3, 0.4) is 0 Å². The van der Waals surface area contributed by atoms with Gasteiger partial charge in [0.05, 0.1) is 24.6 Å². The lowest BCUT2D eigenvalue weighted by molar-refractivity contribution is 0.0703. The standard InChI is InChI=1S/C20H20ClN5O3/c1-12-10-23-16(11-22-12)19-25-24-18(29-19)13-5-7-26(8-6-13)20(27)15-9-14(21)3-4-17(15)28-2/h3-4,9-11,13H,5-8H2,1-2H3. The Kier molecular flexibility index (Phi) is 5.44. The van der Waals surface area contributed by atoms with Gasteiger partial charge in [0, 0.05) is 30.2 Å². The molecule has 1 aliphatic heterocycles. The van der Waals surface area contributed by atoms with E-state index in [1.165, 1.54) is 7.11 Å². The van der Waals surface area contributed by atoms with Gasteiger partial charge < -0.3 is 14.1 Å². The molecule has 150 valence electrons. The maximum atomic E-state index is 12.9. The number of amides is 1. The van der Waals surface area contributed by atoms with Crippen molar-refractivity contribution in [3.05, 3.63) is 52.8 Å². The number of ether oxygens (including phenoxy) is 1. The fourth-order valence-corrected chi connectivity index (χ4v) is 3.53. The summed E-state index contributed by atoms with van der Waals surface area (Å²) in [5.41, 5.74) is 1.84. The second-order valence-electron chi connectivity index (χ2n) is 6.90. The lowest BCUT2D eigenvalue weighted by Crippen LogP contribution is -2.38. The molecule has 4 rings (SSSR count). The minimum Gasteiger partial charge on any atom is -0.496 e. The summed E-state index contributed by atoms with van der Waals surface area (Å²) in [6.07, 6.45) is 4.74. The number of carbonyl (C=O) groups excluding carboxylic acids is 1. The van der Waals surface area contributed by atoms with Gasteiger partial charge in [0.15, 0.2) is 0 Å². The summed E-state index contributed by atoms with van der Waals surface area (Å²) in [5, 5.41) is 8.78. The predicted octanol–water partition coefficient (Wildman–Crippen LogP) is 3.52. The highest BCUT2D eigenvalue weighted by Crippen LogP contribution is 2.31. The van der Waals surface area contributed by atoms with Gasteiger partial charge in [-0.05, 0) is 38.0 Å². The Morgan fingerprint density at radius 1 is 1.21 bits per heavy atom. The molecule has 1 fully saturated rings. The minimum atomic E-state index is -0.0936. The first kappa shape index (κ1) is 19.3. The number of aromatic nitrogens is 4. The molecule has 29 heavy (non-hydrogen) atoms. The van der Waals surface area contributed by atoms with E-state index < -0.39 is 0 Å². The summed E-state index contributed by atoms with van der Waals surface area (Å²) >= 11 is 6.06. The lowest BCUT2D eigenvalue weighted by atomic mass is 9.96. The molecule has 0 atom stereocenters. The van der Waals surface area contributed by atoms with Gasteiger partial charge in [0.2, 0.25) is 5.89 Å². The quantitative estimate of drug-likeness (QED) is 0.645. The number of rotatable bonds is 4. The molecule has 1 saturated heterocycles. The van der Waals surface area contributed by atoms with E-state index >= 15 is 0 Å². The van der Waals surface area contributed by atoms with Crippen LogP contribution in [0.2, 0.25) is 5.02 Å². The van der Waals surface area contributed by atoms with Crippen LogP contribution in [0.1, 0.15) is 40.7 Å². The zero-order chi connectivity index (χ0) is 20.4. The second kappa shape index (κ2) is 8.16. The number of hydrogen-bond acceptors (Lipinski definition) is 7. The molecule has 0 radical (unpaired) electrons. The first-order valence-corrected chi connectivity index (χ1v) is 9.68. The Labute approximate surface area is 172 Å². The molecule has 8 nitrogen and oxygen atoms in total. The molecule has 1 amide bonds. The predicted molar refractivity (Wildman–Crippen MR) is 106 cm³/mol. The summed E-state index contributed by atoms with van der Waals surface area (Å²) < 4.78 is 11.1. The van der Waals surface area contributed by atoms with Crippen LogP contribution in [0.25, 0.3) is 11.6 Å². The maximum absolute atomic E-state index is 12.9. The van der Waals surface area contributed by atoms with Crippen LogP contribution in [0.15, 0.2) is 35.0 Å². The van der Waals surface area contributed by atoms with Crippen molar-refractivity contribution >= 4 is 17.5 Å². The van der Waals surface area contributed by atoms with Crippen LogP contribution < -0.4 is 4.74 Å². The van der Waals surface area contributed by atoms with E-state index in [4.69, 9.17) is 20.8 Å². The van der Waals surface area contributed by atoms with Crippen LogP contribution in [-0.4, -0.2) is 51.2 Å². The van der Waals surface area contributed by atoms with Crippen LogP contribution in [0, 0.1) is 6.92 Å². The molecule has 0 N–H and O–H groups in total. The van der Waals surface area contributed by atoms with E-state index in [1.54, 1.807) is 35.5 Å². The van der Waals surface area contributed by atoms with Crippen LogP contribution >= 0.6 is 11.6 Å². The Morgan fingerprint density at radius 3 is 2.69 bits per heavy atom. The van der Waals surface area contributed by atoms with E-state index in [-0.39, 0.29) is 11.8 Å². The van der Waals surface area contributed by atoms with Crippen molar-refractivity contribution in [1.82, 2.24) is 25.1 Å². The number of methoxy groups -OCH3 is 1. The maximum Gasteiger partial charge on any atom is 0.267 e. The smallest absolute Gasteiger partial charge is 0.267 e. The molecule has 3 heterocycles. The molecule has 1 aliphatic rings. The number of piperidine rings is 1. The van der Waals surface area contributed by atoms with Crippen molar-refractivity contribution in [1.29, 1.82) is 0 Å². The molecular formula is C20H20ClN5O3. The van der Waals surface area contributed by atoms with Gasteiger partial charge in [-0.3, -0.25) is 9.78 Å². The molecule has 0 bridgehead atoms. The number of benzene rings is 1. The summed E-state index contributed by atoms with van der Waals surface area (Å²) in [7, 11) is 1.54. The first-order valence-electron chi connectivity index (χ1n) is 9.30. The highest BCUT2D eigenvalue weighted by molar-refractivity contribution is 6.31. The Hall–Kier alpha value is -3.00. The van der Waals surface area contributed by atoms with Crippen molar-refractivity contribution in [2.75, 3.05) is 20.2 Å². The zero-order valence-electron chi connectivity index (χ0n) is 16.1. The van der Waals surface area contributed by atoms with Gasteiger partial charge in [0.1, 0.15) is 11.4 Å². The van der Waals surface area contributed by atoms with Crippen molar-refractivity contribution in [2.45, 2.75) is 25.7 Å². The van der Waals surface area contributed by atoms with Gasteiger partial charge in [-0.15, -0.1) is 10.2 Å². The van der Waals surface area contributed by atoms with Crippen molar-refractivity contribution in [2.24, 2.45) is 0 Å². The topological polar surface area (TPSA) is 94.2 Å². The van der Waals surface area contributed by atoms with Gasteiger partial charge in [-0.2, -0.15) is 0 Å². The summed E-state index contributed by atoms with van der Waals surface area (Å²) in [5.74, 6) is 1.44. The molecule has 9 heteroatoms. The SMILES string of the molecule is COc1ccc(Cl)cc1C(=O)N1CCC(c2nnc(-c3cnc(C)cn3)o2)CC1. The summed E-state index contributed by atoms with van der Waals surface area (Å²) in [6.45, 7) is 3.03. The number of aryl methyl sites for hydroxylation is 1. The minimum absolute atomic E-state index is 0.0936. The molecule has 2 aromatic heterocycles. The van der Waals surface area contributed by atoms with E-state index in [9.17, 15) is 4.79 Å². The summed E-state index contributed by atoms with van der Waals surface area (Å²) in [4.78, 5) is 23.2. The van der Waals surface area contributed by atoms with Crippen LogP contribution in [-0.2, 0) is 0 Å². The second-order valence-corrected chi connectivity index (χ2v) is 7.34.